The summed E-state index contributed by atoms with van der Waals surface area (Å²) in [7, 11) is 0. The number of carbonyl (C=O) groups excluding carboxylic acids is 2. The third-order valence-corrected chi connectivity index (χ3v) is 4.93. The summed E-state index contributed by atoms with van der Waals surface area (Å²) in [6, 6.07) is 9.19. The molecule has 1 heterocycles. The molecule has 0 aliphatic heterocycles. The van der Waals surface area contributed by atoms with E-state index in [4.69, 9.17) is 0 Å². The standard InChI is InChI=1S/C21H26N4O2/c1-21(2,3)25-18(12-17(24-25)13-7-8-13)20(27)23-16-6-4-5-15(11-16)22-19(26)14-9-10-14/h4-6,11-14H,7-10H2,1-3H3,(H,22,26)(H,23,27). The zero-order valence-electron chi connectivity index (χ0n) is 16.1. The lowest BCUT2D eigenvalue weighted by Crippen LogP contribution is -2.29. The van der Waals surface area contributed by atoms with Crippen molar-refractivity contribution in [1.82, 2.24) is 9.78 Å². The molecule has 4 rings (SSSR count). The van der Waals surface area contributed by atoms with E-state index in [0.29, 0.717) is 23.0 Å². The van der Waals surface area contributed by atoms with Gasteiger partial charge in [0.25, 0.3) is 5.91 Å². The van der Waals surface area contributed by atoms with Crippen molar-refractivity contribution >= 4 is 23.2 Å². The number of carbonyl (C=O) groups is 2. The second-order valence-electron chi connectivity index (χ2n) is 8.61. The fourth-order valence-electron chi connectivity index (χ4n) is 3.11. The highest BCUT2D eigenvalue weighted by molar-refractivity contribution is 6.04. The molecule has 0 spiro atoms. The van der Waals surface area contributed by atoms with E-state index in [9.17, 15) is 9.59 Å². The molecule has 27 heavy (non-hydrogen) atoms. The van der Waals surface area contributed by atoms with Crippen LogP contribution >= 0.6 is 0 Å². The summed E-state index contributed by atoms with van der Waals surface area (Å²) >= 11 is 0. The van der Waals surface area contributed by atoms with Crippen LogP contribution in [-0.4, -0.2) is 21.6 Å². The summed E-state index contributed by atoms with van der Waals surface area (Å²) in [5.74, 6) is 0.500. The largest absolute Gasteiger partial charge is 0.326 e. The number of aromatic nitrogens is 2. The molecule has 2 N–H and O–H groups in total. The van der Waals surface area contributed by atoms with Crippen LogP contribution in [0, 0.1) is 5.92 Å². The summed E-state index contributed by atoms with van der Waals surface area (Å²) < 4.78 is 1.81. The Kier molecular flexibility index (Phi) is 4.29. The highest BCUT2D eigenvalue weighted by Crippen LogP contribution is 2.40. The number of rotatable bonds is 5. The Bertz CT molecular complexity index is 886. The van der Waals surface area contributed by atoms with E-state index in [2.05, 4.69) is 15.7 Å². The molecular weight excluding hydrogens is 340 g/mol. The minimum absolute atomic E-state index is 0.0540. The van der Waals surface area contributed by atoms with Gasteiger partial charge in [0.1, 0.15) is 5.69 Å². The van der Waals surface area contributed by atoms with Crippen molar-refractivity contribution in [1.29, 1.82) is 0 Å². The first-order chi connectivity index (χ1) is 12.8. The number of benzene rings is 1. The van der Waals surface area contributed by atoms with Gasteiger partial charge in [-0.3, -0.25) is 14.3 Å². The molecule has 2 aliphatic rings. The average Bonchev–Trinajstić information content (AvgIpc) is 3.51. The van der Waals surface area contributed by atoms with Gasteiger partial charge in [-0.05, 0) is 70.7 Å². The Morgan fingerprint density at radius 3 is 2.30 bits per heavy atom. The molecular formula is C21H26N4O2. The molecule has 2 aromatic rings. The molecule has 1 aromatic carbocycles. The number of nitrogens with one attached hydrogen (secondary N) is 2. The molecule has 0 bridgehead atoms. The predicted octanol–water partition coefficient (Wildman–Crippen LogP) is 4.12. The highest BCUT2D eigenvalue weighted by atomic mass is 16.2. The third kappa shape index (κ3) is 4.04. The van der Waals surface area contributed by atoms with Gasteiger partial charge in [-0.15, -0.1) is 0 Å². The van der Waals surface area contributed by atoms with Crippen LogP contribution in [0.1, 0.15) is 68.6 Å². The fourth-order valence-corrected chi connectivity index (χ4v) is 3.11. The molecule has 2 saturated carbocycles. The molecule has 0 saturated heterocycles. The number of amides is 2. The third-order valence-electron chi connectivity index (χ3n) is 4.93. The van der Waals surface area contributed by atoms with Gasteiger partial charge in [0.05, 0.1) is 11.2 Å². The zero-order chi connectivity index (χ0) is 19.2. The van der Waals surface area contributed by atoms with Crippen molar-refractivity contribution in [2.24, 2.45) is 5.92 Å². The molecule has 2 amide bonds. The molecule has 0 radical (unpaired) electrons. The number of anilines is 2. The molecule has 6 nitrogen and oxygen atoms in total. The van der Waals surface area contributed by atoms with Crippen LogP contribution in [0.3, 0.4) is 0 Å². The molecule has 6 heteroatoms. The number of hydrogen-bond donors (Lipinski definition) is 2. The molecule has 2 fully saturated rings. The van der Waals surface area contributed by atoms with Gasteiger partial charge in [-0.1, -0.05) is 6.07 Å². The van der Waals surface area contributed by atoms with Crippen molar-refractivity contribution < 1.29 is 9.59 Å². The van der Waals surface area contributed by atoms with Gasteiger partial charge in [0, 0.05) is 23.2 Å². The Morgan fingerprint density at radius 1 is 1.04 bits per heavy atom. The number of hydrogen-bond acceptors (Lipinski definition) is 3. The second kappa shape index (κ2) is 6.51. The summed E-state index contributed by atoms with van der Waals surface area (Å²) in [6.45, 7) is 6.13. The van der Waals surface area contributed by atoms with Gasteiger partial charge in [0.15, 0.2) is 0 Å². The van der Waals surface area contributed by atoms with Crippen LogP contribution in [0.25, 0.3) is 0 Å². The molecule has 142 valence electrons. The predicted molar refractivity (Wildman–Crippen MR) is 105 cm³/mol. The van der Waals surface area contributed by atoms with Crippen LogP contribution < -0.4 is 10.6 Å². The van der Waals surface area contributed by atoms with Crippen LogP contribution in [0.15, 0.2) is 30.3 Å². The van der Waals surface area contributed by atoms with E-state index in [1.165, 1.54) is 0 Å². The van der Waals surface area contributed by atoms with Crippen LogP contribution in [0.4, 0.5) is 11.4 Å². The van der Waals surface area contributed by atoms with Crippen molar-refractivity contribution in [3.8, 4) is 0 Å². The maximum Gasteiger partial charge on any atom is 0.273 e. The van der Waals surface area contributed by atoms with Crippen molar-refractivity contribution in [3.05, 3.63) is 41.7 Å². The summed E-state index contributed by atoms with van der Waals surface area (Å²) in [4.78, 5) is 24.9. The lowest BCUT2D eigenvalue weighted by atomic mass is 10.1. The summed E-state index contributed by atoms with van der Waals surface area (Å²) in [5, 5.41) is 10.6. The Morgan fingerprint density at radius 2 is 1.70 bits per heavy atom. The van der Waals surface area contributed by atoms with Gasteiger partial charge in [0.2, 0.25) is 5.91 Å². The van der Waals surface area contributed by atoms with Gasteiger partial charge in [-0.25, -0.2) is 0 Å². The van der Waals surface area contributed by atoms with Crippen molar-refractivity contribution in [2.45, 2.75) is 57.9 Å². The topological polar surface area (TPSA) is 76.0 Å². The summed E-state index contributed by atoms with van der Waals surface area (Å²) in [6.07, 6.45) is 4.21. The lowest BCUT2D eigenvalue weighted by Gasteiger charge is -2.22. The Labute approximate surface area is 159 Å². The molecule has 1 aromatic heterocycles. The minimum atomic E-state index is -0.278. The van der Waals surface area contributed by atoms with E-state index >= 15 is 0 Å². The monoisotopic (exact) mass is 366 g/mol. The Balaban J connectivity index is 1.53. The normalized spacial score (nSPS) is 16.9. The fraction of sp³-hybridized carbons (Fsp3) is 0.476. The maximum absolute atomic E-state index is 12.9. The van der Waals surface area contributed by atoms with Gasteiger partial charge in [-0.2, -0.15) is 5.10 Å². The lowest BCUT2D eigenvalue weighted by molar-refractivity contribution is -0.117. The van der Waals surface area contributed by atoms with Crippen molar-refractivity contribution in [2.75, 3.05) is 10.6 Å². The first kappa shape index (κ1) is 17.8. The van der Waals surface area contributed by atoms with E-state index in [1.807, 2.05) is 49.7 Å². The van der Waals surface area contributed by atoms with Crippen LogP contribution in [-0.2, 0) is 10.3 Å². The first-order valence-corrected chi connectivity index (χ1v) is 9.64. The van der Waals surface area contributed by atoms with Crippen LogP contribution in [0.2, 0.25) is 0 Å². The SMILES string of the molecule is CC(C)(C)n1nc(C2CC2)cc1C(=O)Nc1cccc(NC(=O)C2CC2)c1. The number of nitrogens with zero attached hydrogens (tertiary/aromatic N) is 2. The van der Waals surface area contributed by atoms with E-state index < -0.39 is 0 Å². The minimum Gasteiger partial charge on any atom is -0.326 e. The smallest absolute Gasteiger partial charge is 0.273 e. The maximum atomic E-state index is 12.9. The van der Waals surface area contributed by atoms with Crippen molar-refractivity contribution in [3.63, 3.8) is 0 Å². The molecule has 2 aliphatic carbocycles. The zero-order valence-corrected chi connectivity index (χ0v) is 16.1. The Hall–Kier alpha value is -2.63. The van der Waals surface area contributed by atoms with Gasteiger partial charge < -0.3 is 10.6 Å². The van der Waals surface area contributed by atoms with Gasteiger partial charge >= 0.3 is 0 Å². The van der Waals surface area contributed by atoms with Crippen LogP contribution in [0.5, 0.6) is 0 Å². The first-order valence-electron chi connectivity index (χ1n) is 9.64. The van der Waals surface area contributed by atoms with E-state index in [0.717, 1.165) is 31.4 Å². The molecule has 0 atom stereocenters. The van der Waals surface area contributed by atoms with E-state index in [-0.39, 0.29) is 23.3 Å². The second-order valence-corrected chi connectivity index (χ2v) is 8.61. The quantitative estimate of drug-likeness (QED) is 0.836. The average molecular weight is 366 g/mol. The summed E-state index contributed by atoms with van der Waals surface area (Å²) in [5.41, 5.74) is 2.65. The highest BCUT2D eigenvalue weighted by Gasteiger charge is 2.31. The van der Waals surface area contributed by atoms with E-state index in [1.54, 1.807) is 6.07 Å². The molecule has 0 unspecified atom stereocenters.